The molecule has 0 amide bonds. The Morgan fingerprint density at radius 1 is 1.31 bits per heavy atom. The minimum atomic E-state index is 0.493. The smallest absolute Gasteiger partial charge is 0.0294 e. The molecule has 0 aliphatic heterocycles. The molecule has 0 radical (unpaired) electrons. The molecule has 88 valence electrons. The molecule has 1 aliphatic carbocycles. The van der Waals surface area contributed by atoms with E-state index in [1.165, 1.54) is 30.4 Å². The highest BCUT2D eigenvalue weighted by atomic mass is 15.0. The van der Waals surface area contributed by atoms with Crippen molar-refractivity contribution >= 4 is 0 Å². The van der Waals surface area contributed by atoms with Crippen LogP contribution in [0.4, 0.5) is 0 Å². The fourth-order valence-electron chi connectivity index (χ4n) is 2.41. The van der Waals surface area contributed by atoms with Crippen LogP contribution < -0.4 is 5.32 Å². The minimum absolute atomic E-state index is 0.493. The molecule has 0 saturated heterocycles. The van der Waals surface area contributed by atoms with E-state index in [2.05, 4.69) is 50.4 Å². The molecule has 1 saturated carbocycles. The van der Waals surface area contributed by atoms with Gasteiger partial charge in [-0.25, -0.2) is 0 Å². The van der Waals surface area contributed by atoms with Gasteiger partial charge in [-0.2, -0.15) is 0 Å². The highest BCUT2D eigenvalue weighted by molar-refractivity contribution is 5.24. The summed E-state index contributed by atoms with van der Waals surface area (Å²) in [6, 6.07) is 10.1. The van der Waals surface area contributed by atoms with Crippen molar-refractivity contribution in [3.63, 3.8) is 0 Å². The third kappa shape index (κ3) is 2.85. The molecule has 16 heavy (non-hydrogen) atoms. The zero-order valence-electron chi connectivity index (χ0n) is 10.7. The predicted molar refractivity (Wildman–Crippen MR) is 69.5 cm³/mol. The number of benzene rings is 1. The molecule has 3 atom stereocenters. The van der Waals surface area contributed by atoms with Gasteiger partial charge in [0.2, 0.25) is 0 Å². The Hall–Kier alpha value is -0.820. The van der Waals surface area contributed by atoms with E-state index in [9.17, 15) is 0 Å². The molecule has 2 rings (SSSR count). The molecule has 0 heterocycles. The fourth-order valence-corrected chi connectivity index (χ4v) is 2.41. The van der Waals surface area contributed by atoms with Gasteiger partial charge in [0.1, 0.15) is 0 Å². The standard InChI is InChI=1S/C15H23N/c1-4-5-14-10-15(14)16-12(3)13-8-6-11(2)7-9-13/h6-9,12,14-16H,4-5,10H2,1-3H3. The van der Waals surface area contributed by atoms with Gasteiger partial charge >= 0.3 is 0 Å². The van der Waals surface area contributed by atoms with Gasteiger partial charge in [0, 0.05) is 12.1 Å². The average Bonchev–Trinajstić information content (AvgIpc) is 2.98. The number of nitrogens with one attached hydrogen (secondary N) is 1. The molecule has 1 nitrogen and oxygen atoms in total. The van der Waals surface area contributed by atoms with E-state index in [0.717, 1.165) is 12.0 Å². The topological polar surface area (TPSA) is 12.0 Å². The third-order valence-electron chi connectivity index (χ3n) is 3.62. The first-order valence-electron chi connectivity index (χ1n) is 6.53. The van der Waals surface area contributed by atoms with Gasteiger partial charge in [0.05, 0.1) is 0 Å². The van der Waals surface area contributed by atoms with Crippen molar-refractivity contribution < 1.29 is 0 Å². The van der Waals surface area contributed by atoms with Crippen LogP contribution >= 0.6 is 0 Å². The van der Waals surface area contributed by atoms with Crippen molar-refractivity contribution in [3.05, 3.63) is 35.4 Å². The van der Waals surface area contributed by atoms with Crippen molar-refractivity contribution in [3.8, 4) is 0 Å². The van der Waals surface area contributed by atoms with Gasteiger partial charge in [-0.3, -0.25) is 0 Å². The van der Waals surface area contributed by atoms with Crippen LogP contribution in [-0.2, 0) is 0 Å². The van der Waals surface area contributed by atoms with Gasteiger partial charge in [-0.1, -0.05) is 43.2 Å². The van der Waals surface area contributed by atoms with Crippen molar-refractivity contribution in [1.29, 1.82) is 0 Å². The molecule has 1 N–H and O–H groups in total. The Morgan fingerprint density at radius 2 is 2.00 bits per heavy atom. The second-order valence-electron chi connectivity index (χ2n) is 5.19. The minimum Gasteiger partial charge on any atom is -0.307 e. The van der Waals surface area contributed by atoms with E-state index in [1.54, 1.807) is 0 Å². The molecular weight excluding hydrogens is 194 g/mol. The molecule has 1 aliphatic rings. The Bertz CT molecular complexity index is 328. The molecule has 0 aromatic heterocycles. The SMILES string of the molecule is CCCC1CC1NC(C)c1ccc(C)cc1. The summed E-state index contributed by atoms with van der Waals surface area (Å²) in [4.78, 5) is 0. The first kappa shape index (κ1) is 11.7. The predicted octanol–water partition coefficient (Wildman–Crippen LogP) is 3.83. The van der Waals surface area contributed by atoms with E-state index >= 15 is 0 Å². The van der Waals surface area contributed by atoms with Crippen LogP contribution in [0.5, 0.6) is 0 Å². The number of hydrogen-bond donors (Lipinski definition) is 1. The van der Waals surface area contributed by atoms with Gasteiger partial charge in [-0.15, -0.1) is 0 Å². The van der Waals surface area contributed by atoms with Crippen molar-refractivity contribution in [2.45, 2.75) is 52.1 Å². The summed E-state index contributed by atoms with van der Waals surface area (Å²) in [5, 5.41) is 3.72. The van der Waals surface area contributed by atoms with Crippen LogP contribution in [0.1, 0.15) is 50.3 Å². The zero-order valence-corrected chi connectivity index (χ0v) is 10.7. The molecule has 0 spiro atoms. The lowest BCUT2D eigenvalue weighted by Crippen LogP contribution is -2.22. The van der Waals surface area contributed by atoms with E-state index in [1.807, 2.05) is 0 Å². The van der Waals surface area contributed by atoms with Crippen LogP contribution in [-0.4, -0.2) is 6.04 Å². The second kappa shape index (κ2) is 5.01. The molecule has 1 aromatic carbocycles. The maximum absolute atomic E-state index is 3.72. The van der Waals surface area contributed by atoms with Crippen LogP contribution in [0.15, 0.2) is 24.3 Å². The van der Waals surface area contributed by atoms with Crippen LogP contribution in [0, 0.1) is 12.8 Å². The quantitative estimate of drug-likeness (QED) is 0.790. The molecule has 1 aromatic rings. The van der Waals surface area contributed by atoms with Crippen molar-refractivity contribution in [2.24, 2.45) is 5.92 Å². The Kier molecular flexibility index (Phi) is 3.65. The van der Waals surface area contributed by atoms with Gasteiger partial charge in [0.15, 0.2) is 0 Å². The Balaban J connectivity index is 1.84. The number of rotatable bonds is 5. The largest absolute Gasteiger partial charge is 0.307 e. The summed E-state index contributed by atoms with van der Waals surface area (Å²) in [5.41, 5.74) is 2.75. The van der Waals surface area contributed by atoms with Gasteiger partial charge in [0.25, 0.3) is 0 Å². The van der Waals surface area contributed by atoms with E-state index in [-0.39, 0.29) is 0 Å². The lowest BCUT2D eigenvalue weighted by molar-refractivity contribution is 0.530. The summed E-state index contributed by atoms with van der Waals surface area (Å²) in [5.74, 6) is 0.942. The monoisotopic (exact) mass is 217 g/mol. The molecular formula is C15H23N. The highest BCUT2D eigenvalue weighted by Crippen LogP contribution is 2.36. The molecule has 1 heteroatoms. The van der Waals surface area contributed by atoms with E-state index in [0.29, 0.717) is 6.04 Å². The van der Waals surface area contributed by atoms with Crippen molar-refractivity contribution in [2.75, 3.05) is 0 Å². The lowest BCUT2D eigenvalue weighted by atomic mass is 10.1. The summed E-state index contributed by atoms with van der Waals surface area (Å²) in [6.45, 7) is 6.69. The third-order valence-corrected chi connectivity index (χ3v) is 3.62. The summed E-state index contributed by atoms with van der Waals surface area (Å²) in [6.07, 6.45) is 4.09. The maximum Gasteiger partial charge on any atom is 0.0294 e. The first-order valence-corrected chi connectivity index (χ1v) is 6.53. The summed E-state index contributed by atoms with van der Waals surface area (Å²) in [7, 11) is 0. The number of hydrogen-bond acceptors (Lipinski definition) is 1. The van der Waals surface area contributed by atoms with E-state index < -0.39 is 0 Å². The maximum atomic E-state index is 3.72. The summed E-state index contributed by atoms with van der Waals surface area (Å²) >= 11 is 0. The van der Waals surface area contributed by atoms with Crippen molar-refractivity contribution in [1.82, 2.24) is 5.32 Å². The Labute approximate surface area is 99.3 Å². The highest BCUT2D eigenvalue weighted by Gasteiger charge is 2.36. The lowest BCUT2D eigenvalue weighted by Gasteiger charge is -2.14. The molecule has 1 fully saturated rings. The summed E-state index contributed by atoms with van der Waals surface area (Å²) < 4.78 is 0. The first-order chi connectivity index (χ1) is 7.70. The van der Waals surface area contributed by atoms with Crippen LogP contribution in [0.25, 0.3) is 0 Å². The van der Waals surface area contributed by atoms with E-state index in [4.69, 9.17) is 0 Å². The average molecular weight is 217 g/mol. The number of aryl methyl sites for hydroxylation is 1. The molecule has 0 bridgehead atoms. The van der Waals surface area contributed by atoms with Gasteiger partial charge < -0.3 is 5.32 Å². The van der Waals surface area contributed by atoms with Crippen LogP contribution in [0.2, 0.25) is 0 Å². The second-order valence-corrected chi connectivity index (χ2v) is 5.19. The zero-order chi connectivity index (χ0) is 11.5. The van der Waals surface area contributed by atoms with Crippen LogP contribution in [0.3, 0.4) is 0 Å². The Morgan fingerprint density at radius 3 is 2.62 bits per heavy atom. The normalized spacial score (nSPS) is 25.4. The molecule has 3 unspecified atom stereocenters. The fraction of sp³-hybridized carbons (Fsp3) is 0.600. The van der Waals surface area contributed by atoms with Gasteiger partial charge in [-0.05, 0) is 38.2 Å².